The Kier molecular flexibility index (Phi) is 4.94. The molecule has 0 heterocycles. The first kappa shape index (κ1) is 11.5. The predicted octanol–water partition coefficient (Wildman–Crippen LogP) is 2.17. The largest absolute Gasteiger partial charge is 0.330 e. The van der Waals surface area contributed by atoms with Crippen LogP contribution in [0, 0.1) is 0 Å². The Bertz CT molecular complexity index is 276. The van der Waals surface area contributed by atoms with Crippen molar-refractivity contribution in [3.8, 4) is 0 Å². The fraction of sp³-hybridized carbons (Fsp3) is 0.455. The zero-order valence-electron chi connectivity index (χ0n) is 8.46. The Morgan fingerprint density at radius 1 is 1.43 bits per heavy atom. The third-order valence-corrected chi connectivity index (χ3v) is 2.57. The van der Waals surface area contributed by atoms with Gasteiger partial charge in [0.1, 0.15) is 0 Å². The van der Waals surface area contributed by atoms with E-state index in [-0.39, 0.29) is 0 Å². The molecule has 0 amide bonds. The van der Waals surface area contributed by atoms with Crippen molar-refractivity contribution in [1.82, 2.24) is 5.32 Å². The molecule has 3 N–H and O–H groups in total. The van der Waals surface area contributed by atoms with Crippen LogP contribution >= 0.6 is 11.6 Å². The van der Waals surface area contributed by atoms with Gasteiger partial charge >= 0.3 is 0 Å². The fourth-order valence-corrected chi connectivity index (χ4v) is 1.48. The molecule has 0 bridgehead atoms. The third-order valence-electron chi connectivity index (χ3n) is 2.20. The van der Waals surface area contributed by atoms with Crippen molar-refractivity contribution in [3.63, 3.8) is 0 Å². The Morgan fingerprint density at radius 2 is 2.14 bits per heavy atom. The second-order valence-electron chi connectivity index (χ2n) is 3.45. The van der Waals surface area contributed by atoms with Crippen LogP contribution in [-0.2, 0) is 6.54 Å². The summed E-state index contributed by atoms with van der Waals surface area (Å²) in [6.45, 7) is 3.65. The number of nitrogens with two attached hydrogens (primary N) is 1. The maximum absolute atomic E-state index is 6.02. The molecule has 0 saturated heterocycles. The Morgan fingerprint density at radius 3 is 2.79 bits per heavy atom. The van der Waals surface area contributed by atoms with E-state index in [4.69, 9.17) is 17.3 Å². The molecule has 0 radical (unpaired) electrons. The minimum Gasteiger partial charge on any atom is -0.330 e. The van der Waals surface area contributed by atoms with E-state index in [0.29, 0.717) is 6.04 Å². The molecular weight excluding hydrogens is 196 g/mol. The van der Waals surface area contributed by atoms with E-state index >= 15 is 0 Å². The lowest BCUT2D eigenvalue weighted by molar-refractivity contribution is 0.520. The Balaban J connectivity index is 2.41. The molecule has 1 rings (SSSR count). The topological polar surface area (TPSA) is 38.0 Å². The molecular formula is C11H17ClN2. The van der Waals surface area contributed by atoms with Crippen molar-refractivity contribution >= 4 is 11.6 Å². The van der Waals surface area contributed by atoms with Gasteiger partial charge in [0.15, 0.2) is 0 Å². The molecule has 0 spiro atoms. The average Bonchev–Trinajstić information content (AvgIpc) is 2.17. The summed E-state index contributed by atoms with van der Waals surface area (Å²) in [5.74, 6) is 0. The average molecular weight is 213 g/mol. The number of hydrogen-bond donors (Lipinski definition) is 2. The van der Waals surface area contributed by atoms with Crippen molar-refractivity contribution in [3.05, 3.63) is 34.9 Å². The van der Waals surface area contributed by atoms with Gasteiger partial charge < -0.3 is 11.1 Å². The molecule has 0 saturated carbocycles. The van der Waals surface area contributed by atoms with E-state index in [1.54, 1.807) is 0 Å². The van der Waals surface area contributed by atoms with Gasteiger partial charge in [0.05, 0.1) is 0 Å². The van der Waals surface area contributed by atoms with Gasteiger partial charge in [-0.15, -0.1) is 0 Å². The highest BCUT2D eigenvalue weighted by Gasteiger charge is 2.02. The van der Waals surface area contributed by atoms with Crippen LogP contribution < -0.4 is 11.1 Å². The van der Waals surface area contributed by atoms with Crippen LogP contribution in [0.3, 0.4) is 0 Å². The second kappa shape index (κ2) is 6.02. The first-order chi connectivity index (χ1) is 6.74. The minimum absolute atomic E-state index is 0.441. The number of rotatable bonds is 5. The summed E-state index contributed by atoms with van der Waals surface area (Å²) in [5, 5.41) is 4.20. The number of nitrogens with one attached hydrogen (secondary N) is 1. The highest BCUT2D eigenvalue weighted by Crippen LogP contribution is 2.14. The zero-order valence-corrected chi connectivity index (χ0v) is 9.22. The van der Waals surface area contributed by atoms with Crippen LogP contribution in [0.15, 0.2) is 24.3 Å². The Labute approximate surface area is 90.4 Å². The Hall–Kier alpha value is -0.570. The van der Waals surface area contributed by atoms with Gasteiger partial charge in [-0.1, -0.05) is 29.8 Å². The number of halogens is 1. The molecule has 1 unspecified atom stereocenters. The van der Waals surface area contributed by atoms with E-state index in [2.05, 4.69) is 12.2 Å². The van der Waals surface area contributed by atoms with Gasteiger partial charge in [-0.05, 0) is 31.5 Å². The van der Waals surface area contributed by atoms with Gasteiger partial charge in [-0.3, -0.25) is 0 Å². The first-order valence-electron chi connectivity index (χ1n) is 4.91. The van der Waals surface area contributed by atoms with E-state index in [0.717, 1.165) is 30.1 Å². The lowest BCUT2D eigenvalue weighted by Gasteiger charge is -2.13. The van der Waals surface area contributed by atoms with Crippen LogP contribution in [0.4, 0.5) is 0 Å². The highest BCUT2D eigenvalue weighted by molar-refractivity contribution is 6.31. The molecule has 0 aromatic heterocycles. The van der Waals surface area contributed by atoms with Crippen LogP contribution in [0.2, 0.25) is 5.02 Å². The first-order valence-corrected chi connectivity index (χ1v) is 5.28. The van der Waals surface area contributed by atoms with Gasteiger partial charge in [0.25, 0.3) is 0 Å². The van der Waals surface area contributed by atoms with Crippen molar-refractivity contribution in [1.29, 1.82) is 0 Å². The van der Waals surface area contributed by atoms with Crippen LogP contribution in [0.5, 0.6) is 0 Å². The lowest BCUT2D eigenvalue weighted by atomic mass is 10.2. The molecule has 0 aliphatic heterocycles. The summed E-state index contributed by atoms with van der Waals surface area (Å²) in [7, 11) is 0. The van der Waals surface area contributed by atoms with Gasteiger partial charge in [0.2, 0.25) is 0 Å². The molecule has 2 nitrogen and oxygen atoms in total. The van der Waals surface area contributed by atoms with E-state index in [9.17, 15) is 0 Å². The number of hydrogen-bond acceptors (Lipinski definition) is 2. The molecule has 0 aliphatic carbocycles. The monoisotopic (exact) mass is 212 g/mol. The summed E-state index contributed by atoms with van der Waals surface area (Å²) >= 11 is 6.02. The predicted molar refractivity (Wildman–Crippen MR) is 61.4 cm³/mol. The van der Waals surface area contributed by atoms with Crippen molar-refractivity contribution in [2.24, 2.45) is 5.73 Å². The van der Waals surface area contributed by atoms with Crippen molar-refractivity contribution in [2.75, 3.05) is 6.54 Å². The summed E-state index contributed by atoms with van der Waals surface area (Å²) in [6, 6.07) is 8.32. The third kappa shape index (κ3) is 3.66. The lowest BCUT2D eigenvalue weighted by Crippen LogP contribution is -2.27. The SMILES string of the molecule is CC(CCN)NCc1ccccc1Cl. The van der Waals surface area contributed by atoms with Crippen molar-refractivity contribution in [2.45, 2.75) is 25.9 Å². The van der Waals surface area contributed by atoms with E-state index < -0.39 is 0 Å². The maximum Gasteiger partial charge on any atom is 0.0450 e. The fourth-order valence-electron chi connectivity index (χ4n) is 1.28. The van der Waals surface area contributed by atoms with Gasteiger partial charge in [-0.25, -0.2) is 0 Å². The summed E-state index contributed by atoms with van der Waals surface area (Å²) in [4.78, 5) is 0. The van der Waals surface area contributed by atoms with Gasteiger partial charge in [0, 0.05) is 17.6 Å². The quantitative estimate of drug-likeness (QED) is 0.785. The molecule has 1 aromatic carbocycles. The number of benzene rings is 1. The maximum atomic E-state index is 6.02. The molecule has 78 valence electrons. The normalized spacial score (nSPS) is 12.8. The van der Waals surface area contributed by atoms with Gasteiger partial charge in [-0.2, -0.15) is 0 Å². The van der Waals surface area contributed by atoms with E-state index in [1.807, 2.05) is 24.3 Å². The highest BCUT2D eigenvalue weighted by atomic mass is 35.5. The minimum atomic E-state index is 0.441. The summed E-state index contributed by atoms with van der Waals surface area (Å²) in [6.07, 6.45) is 0.991. The zero-order chi connectivity index (χ0) is 10.4. The van der Waals surface area contributed by atoms with E-state index in [1.165, 1.54) is 0 Å². The van der Waals surface area contributed by atoms with Crippen LogP contribution in [0.25, 0.3) is 0 Å². The summed E-state index contributed by atoms with van der Waals surface area (Å²) < 4.78 is 0. The molecule has 0 aliphatic rings. The summed E-state index contributed by atoms with van der Waals surface area (Å²) in [5.41, 5.74) is 6.60. The molecule has 1 atom stereocenters. The van der Waals surface area contributed by atoms with Crippen molar-refractivity contribution < 1.29 is 0 Å². The molecule has 0 fully saturated rings. The van der Waals surface area contributed by atoms with Crippen LogP contribution in [0.1, 0.15) is 18.9 Å². The molecule has 1 aromatic rings. The molecule has 3 heteroatoms. The molecule has 14 heavy (non-hydrogen) atoms. The van der Waals surface area contributed by atoms with Crippen LogP contribution in [-0.4, -0.2) is 12.6 Å². The second-order valence-corrected chi connectivity index (χ2v) is 3.86. The standard InChI is InChI=1S/C11H17ClN2/c1-9(6-7-13)14-8-10-4-2-3-5-11(10)12/h2-5,9,14H,6-8,13H2,1H3. The smallest absolute Gasteiger partial charge is 0.0450 e.